The van der Waals surface area contributed by atoms with Gasteiger partial charge in [-0.25, -0.2) is 8.78 Å². The van der Waals surface area contributed by atoms with Crippen LogP contribution in [0.1, 0.15) is 54.9 Å². The van der Waals surface area contributed by atoms with Crippen molar-refractivity contribution in [1.82, 2.24) is 14.8 Å². The molecule has 0 saturated heterocycles. The molecule has 1 aliphatic carbocycles. The molecule has 0 bridgehead atoms. The Morgan fingerprint density at radius 3 is 2.67 bits per heavy atom. The maximum Gasteiger partial charge on any atom is 0.282 e. The van der Waals surface area contributed by atoms with Gasteiger partial charge in [0.2, 0.25) is 5.78 Å². The van der Waals surface area contributed by atoms with Crippen LogP contribution in [0.4, 0.5) is 8.78 Å². The average molecular weight is 375 g/mol. The van der Waals surface area contributed by atoms with E-state index in [4.69, 9.17) is 0 Å². The summed E-state index contributed by atoms with van der Waals surface area (Å²) in [6.45, 7) is 3.68. The molecular formula is C19H19F2N3O3. The van der Waals surface area contributed by atoms with Gasteiger partial charge in [-0.2, -0.15) is 5.10 Å². The molecule has 0 saturated carbocycles. The minimum absolute atomic E-state index is 0.0597. The summed E-state index contributed by atoms with van der Waals surface area (Å²) in [6, 6.07) is 5.17. The predicted octanol–water partition coefficient (Wildman–Crippen LogP) is 3.65. The van der Waals surface area contributed by atoms with Gasteiger partial charge in [-0.3, -0.25) is 19.3 Å². The first-order valence-electron chi connectivity index (χ1n) is 8.43. The number of nitrogens with zero attached hydrogens (tertiary/aromatic N) is 3. The van der Waals surface area contributed by atoms with Crippen molar-refractivity contribution in [1.29, 1.82) is 0 Å². The van der Waals surface area contributed by atoms with Gasteiger partial charge in [-0.1, -0.05) is 19.9 Å². The van der Waals surface area contributed by atoms with Crippen LogP contribution in [-0.2, 0) is 11.3 Å². The summed E-state index contributed by atoms with van der Waals surface area (Å²) in [6.07, 6.45) is -0.0709. The largest absolute Gasteiger partial charge is 0.511 e. The Labute approximate surface area is 154 Å². The van der Waals surface area contributed by atoms with Crippen molar-refractivity contribution in [3.05, 3.63) is 58.9 Å². The molecule has 2 aromatic heterocycles. The molecule has 142 valence electrons. The summed E-state index contributed by atoms with van der Waals surface area (Å²) in [5.41, 5.74) is -1.42. The molecule has 0 atom stereocenters. The van der Waals surface area contributed by atoms with E-state index in [1.165, 1.54) is 10.9 Å². The first-order chi connectivity index (χ1) is 12.7. The molecule has 2 aromatic rings. The van der Waals surface area contributed by atoms with Crippen LogP contribution in [0.25, 0.3) is 0 Å². The number of aliphatic hydroxyl groups is 1. The summed E-state index contributed by atoms with van der Waals surface area (Å²) < 4.78 is 28.0. The van der Waals surface area contributed by atoms with Gasteiger partial charge in [-0.15, -0.1) is 0 Å². The van der Waals surface area contributed by atoms with E-state index in [0.29, 0.717) is 5.69 Å². The Morgan fingerprint density at radius 2 is 2.07 bits per heavy atom. The van der Waals surface area contributed by atoms with Crippen LogP contribution in [0.15, 0.2) is 41.9 Å². The van der Waals surface area contributed by atoms with E-state index in [1.807, 2.05) is 0 Å². The molecule has 8 heteroatoms. The third-order valence-electron chi connectivity index (χ3n) is 4.37. The quantitative estimate of drug-likeness (QED) is 0.637. The van der Waals surface area contributed by atoms with Gasteiger partial charge in [0.05, 0.1) is 17.8 Å². The Bertz CT molecular complexity index is 918. The maximum absolute atomic E-state index is 13.4. The molecule has 0 radical (unpaired) electrons. The third kappa shape index (κ3) is 3.94. The highest BCUT2D eigenvalue weighted by atomic mass is 19.3. The van der Waals surface area contributed by atoms with Gasteiger partial charge in [0.15, 0.2) is 5.78 Å². The maximum atomic E-state index is 13.4. The third-order valence-corrected chi connectivity index (χ3v) is 4.37. The lowest BCUT2D eigenvalue weighted by Crippen LogP contribution is -2.29. The zero-order valence-electron chi connectivity index (χ0n) is 14.9. The molecule has 0 spiro atoms. The second kappa shape index (κ2) is 7.02. The number of Topliss-reactive ketones (excluding diaryl/α,β-unsaturated/α-hetero) is 2. The van der Waals surface area contributed by atoms with Crippen molar-refractivity contribution in [3.8, 4) is 0 Å². The standard InChI is InChI=1S/C19H19F2N3O3/c1-19(2)7-13(25)15(14(26)8-19)17(27)12-10-24(23-16(12)18(20)21)9-11-5-3-4-6-22-11/h3-6,10,18,25H,7-9H2,1-2H3. The molecule has 1 aliphatic rings. The highest BCUT2D eigenvalue weighted by Crippen LogP contribution is 2.37. The van der Waals surface area contributed by atoms with Crippen LogP contribution in [0, 0.1) is 5.41 Å². The molecule has 3 rings (SSSR count). The lowest BCUT2D eigenvalue weighted by atomic mass is 9.75. The van der Waals surface area contributed by atoms with Crippen LogP contribution in [0.5, 0.6) is 0 Å². The molecule has 2 heterocycles. The molecular weight excluding hydrogens is 356 g/mol. The van der Waals surface area contributed by atoms with Crippen molar-refractivity contribution in [2.75, 3.05) is 0 Å². The number of alkyl halides is 2. The topological polar surface area (TPSA) is 85.1 Å². The number of allylic oxidation sites excluding steroid dienone is 2. The van der Waals surface area contributed by atoms with E-state index in [9.17, 15) is 23.5 Å². The number of carbonyl (C=O) groups is 2. The Hall–Kier alpha value is -2.90. The number of halogens is 2. The fourth-order valence-corrected chi connectivity index (χ4v) is 3.19. The molecule has 1 N–H and O–H groups in total. The van der Waals surface area contributed by atoms with E-state index in [-0.39, 0.29) is 30.7 Å². The Morgan fingerprint density at radius 1 is 1.33 bits per heavy atom. The molecule has 0 aromatic carbocycles. The van der Waals surface area contributed by atoms with Gasteiger partial charge < -0.3 is 5.11 Å². The molecule has 27 heavy (non-hydrogen) atoms. The first kappa shape index (κ1) is 18.9. The Kier molecular flexibility index (Phi) is 4.91. The van der Waals surface area contributed by atoms with E-state index in [0.717, 1.165) is 0 Å². The number of hydrogen-bond donors (Lipinski definition) is 1. The lowest BCUT2D eigenvalue weighted by Gasteiger charge is -2.28. The summed E-state index contributed by atoms with van der Waals surface area (Å²) in [5, 5.41) is 14.0. The van der Waals surface area contributed by atoms with E-state index in [2.05, 4.69) is 10.1 Å². The van der Waals surface area contributed by atoms with Crippen molar-refractivity contribution < 1.29 is 23.5 Å². The zero-order chi connectivity index (χ0) is 19.8. The summed E-state index contributed by atoms with van der Waals surface area (Å²) in [4.78, 5) is 29.2. The number of carbonyl (C=O) groups excluding carboxylic acids is 2. The fraction of sp³-hybridized carbons (Fsp3) is 0.368. The molecule has 0 unspecified atom stereocenters. The van der Waals surface area contributed by atoms with Crippen molar-refractivity contribution in [2.45, 2.75) is 39.7 Å². The highest BCUT2D eigenvalue weighted by molar-refractivity contribution is 6.27. The van der Waals surface area contributed by atoms with E-state index in [1.54, 1.807) is 38.2 Å². The van der Waals surface area contributed by atoms with Crippen molar-refractivity contribution >= 4 is 11.6 Å². The van der Waals surface area contributed by atoms with E-state index < -0.39 is 34.7 Å². The summed E-state index contributed by atoms with van der Waals surface area (Å²) in [5.74, 6) is -1.83. The number of rotatable bonds is 5. The van der Waals surface area contributed by atoms with Gasteiger partial charge in [0, 0.05) is 25.2 Å². The highest BCUT2D eigenvalue weighted by Gasteiger charge is 2.38. The monoisotopic (exact) mass is 375 g/mol. The van der Waals surface area contributed by atoms with Gasteiger partial charge in [-0.05, 0) is 17.5 Å². The molecule has 6 nitrogen and oxygen atoms in total. The first-order valence-corrected chi connectivity index (χ1v) is 8.43. The minimum Gasteiger partial charge on any atom is -0.511 e. The Balaban J connectivity index is 1.98. The number of pyridine rings is 1. The lowest BCUT2D eigenvalue weighted by molar-refractivity contribution is -0.118. The van der Waals surface area contributed by atoms with Crippen LogP contribution in [0.2, 0.25) is 0 Å². The van der Waals surface area contributed by atoms with Gasteiger partial charge in [0.25, 0.3) is 6.43 Å². The predicted molar refractivity (Wildman–Crippen MR) is 92.5 cm³/mol. The number of hydrogen-bond acceptors (Lipinski definition) is 5. The van der Waals surface area contributed by atoms with Crippen LogP contribution in [-0.4, -0.2) is 31.4 Å². The number of ketones is 2. The molecule has 0 amide bonds. The second-order valence-corrected chi connectivity index (χ2v) is 7.34. The van der Waals surface area contributed by atoms with Gasteiger partial charge >= 0.3 is 0 Å². The van der Waals surface area contributed by atoms with Crippen LogP contribution in [0.3, 0.4) is 0 Å². The molecule has 0 fully saturated rings. The molecule has 0 aliphatic heterocycles. The van der Waals surface area contributed by atoms with Crippen LogP contribution >= 0.6 is 0 Å². The SMILES string of the molecule is CC1(C)CC(=O)C(C(=O)c2cn(Cc3ccccn3)nc2C(F)F)=C(O)C1. The number of aromatic nitrogens is 3. The van der Waals surface area contributed by atoms with Gasteiger partial charge in [0.1, 0.15) is 17.0 Å². The zero-order valence-corrected chi connectivity index (χ0v) is 14.9. The van der Waals surface area contributed by atoms with Crippen LogP contribution < -0.4 is 0 Å². The second-order valence-electron chi connectivity index (χ2n) is 7.34. The smallest absolute Gasteiger partial charge is 0.282 e. The summed E-state index contributed by atoms with van der Waals surface area (Å²) in [7, 11) is 0. The minimum atomic E-state index is -2.99. The summed E-state index contributed by atoms with van der Waals surface area (Å²) >= 11 is 0. The van der Waals surface area contributed by atoms with Crippen molar-refractivity contribution in [2.24, 2.45) is 5.41 Å². The fourth-order valence-electron chi connectivity index (χ4n) is 3.19. The number of aliphatic hydroxyl groups excluding tert-OH is 1. The normalized spacial score (nSPS) is 16.9. The average Bonchev–Trinajstić information content (AvgIpc) is 2.98. The van der Waals surface area contributed by atoms with E-state index >= 15 is 0 Å². The van der Waals surface area contributed by atoms with Crippen molar-refractivity contribution in [3.63, 3.8) is 0 Å².